The minimum absolute atomic E-state index is 0.0639. The van der Waals surface area contributed by atoms with Gasteiger partial charge in [-0.05, 0) is 20.8 Å². The SMILES string of the molecule is CC(CNC(=O)OC(C)(C)C)C(=O)OCc1oc(=O)oc1CBr. The lowest BCUT2D eigenvalue weighted by atomic mass is 10.2. The van der Waals surface area contributed by atoms with E-state index in [1.807, 2.05) is 0 Å². The van der Waals surface area contributed by atoms with Gasteiger partial charge in [-0.25, -0.2) is 9.59 Å². The van der Waals surface area contributed by atoms with E-state index in [0.717, 1.165) is 0 Å². The van der Waals surface area contributed by atoms with Crippen LogP contribution in [0.2, 0.25) is 0 Å². The minimum Gasteiger partial charge on any atom is -0.457 e. The van der Waals surface area contributed by atoms with Crippen LogP contribution in [0.25, 0.3) is 0 Å². The molecule has 1 N–H and O–H groups in total. The number of esters is 1. The van der Waals surface area contributed by atoms with Gasteiger partial charge in [-0.15, -0.1) is 0 Å². The third-order valence-electron chi connectivity index (χ3n) is 2.54. The molecule has 0 aliphatic heterocycles. The normalized spacial score (nSPS) is 12.6. The summed E-state index contributed by atoms with van der Waals surface area (Å²) in [5.41, 5.74) is -0.612. The molecule has 0 spiro atoms. The first-order valence-electron chi connectivity index (χ1n) is 6.93. The van der Waals surface area contributed by atoms with Crippen molar-refractivity contribution in [2.45, 2.75) is 45.2 Å². The number of halogens is 1. The molecule has 0 aliphatic rings. The Morgan fingerprint density at radius 2 is 1.87 bits per heavy atom. The summed E-state index contributed by atoms with van der Waals surface area (Å²) in [7, 11) is 0. The highest BCUT2D eigenvalue weighted by atomic mass is 79.9. The van der Waals surface area contributed by atoms with Gasteiger partial charge in [0.25, 0.3) is 0 Å². The van der Waals surface area contributed by atoms with E-state index in [2.05, 4.69) is 21.2 Å². The van der Waals surface area contributed by atoms with Crippen LogP contribution in [0.3, 0.4) is 0 Å². The molecule has 1 rings (SSSR count). The zero-order chi connectivity index (χ0) is 17.6. The molecule has 1 amide bonds. The topological polar surface area (TPSA) is 108 Å². The van der Waals surface area contributed by atoms with Crippen LogP contribution in [0.5, 0.6) is 0 Å². The lowest BCUT2D eigenvalue weighted by molar-refractivity contribution is -0.149. The van der Waals surface area contributed by atoms with E-state index in [0.29, 0.717) is 0 Å². The quantitative estimate of drug-likeness (QED) is 0.583. The maximum absolute atomic E-state index is 11.8. The number of nitrogens with one attached hydrogen (secondary N) is 1. The van der Waals surface area contributed by atoms with Gasteiger partial charge < -0.3 is 23.6 Å². The predicted molar refractivity (Wildman–Crippen MR) is 83.1 cm³/mol. The van der Waals surface area contributed by atoms with Gasteiger partial charge in [0.15, 0.2) is 18.1 Å². The third-order valence-corrected chi connectivity index (χ3v) is 3.05. The molecule has 1 aromatic rings. The standard InChI is InChI=1S/C14H20BrNO7/c1-8(6-16-12(18)23-14(2,3)4)11(17)20-7-10-9(5-15)21-13(19)22-10/h8H,5-7H2,1-4H3,(H,16,18). The molecule has 130 valence electrons. The van der Waals surface area contributed by atoms with E-state index in [-0.39, 0.29) is 30.0 Å². The molecule has 8 nitrogen and oxygen atoms in total. The molecule has 1 atom stereocenters. The first-order valence-corrected chi connectivity index (χ1v) is 8.05. The van der Waals surface area contributed by atoms with Gasteiger partial charge in [-0.2, -0.15) is 0 Å². The first kappa shape index (κ1) is 19.3. The van der Waals surface area contributed by atoms with Gasteiger partial charge in [0.1, 0.15) is 5.60 Å². The Morgan fingerprint density at radius 3 is 2.43 bits per heavy atom. The molecule has 1 heterocycles. The molecular formula is C14H20BrNO7. The average molecular weight is 394 g/mol. The molecule has 1 unspecified atom stereocenters. The summed E-state index contributed by atoms with van der Waals surface area (Å²) in [6.45, 7) is 6.66. The predicted octanol–water partition coefficient (Wildman–Crippen LogP) is 2.33. The smallest absolute Gasteiger partial charge is 0.457 e. The van der Waals surface area contributed by atoms with Gasteiger partial charge in [-0.1, -0.05) is 22.9 Å². The van der Waals surface area contributed by atoms with Gasteiger partial charge >= 0.3 is 17.9 Å². The van der Waals surface area contributed by atoms with Crippen molar-refractivity contribution < 1.29 is 27.9 Å². The zero-order valence-corrected chi connectivity index (χ0v) is 15.0. The van der Waals surface area contributed by atoms with Crippen LogP contribution in [0.4, 0.5) is 4.79 Å². The van der Waals surface area contributed by atoms with Crippen LogP contribution in [0, 0.1) is 5.92 Å². The van der Waals surface area contributed by atoms with E-state index < -0.39 is 29.4 Å². The maximum Gasteiger partial charge on any atom is 0.519 e. The molecule has 0 aliphatic carbocycles. The molecule has 0 bridgehead atoms. The van der Waals surface area contributed by atoms with Gasteiger partial charge in [0.2, 0.25) is 0 Å². The summed E-state index contributed by atoms with van der Waals surface area (Å²) >= 11 is 3.13. The Labute approximate surface area is 141 Å². The fourth-order valence-corrected chi connectivity index (χ4v) is 1.89. The van der Waals surface area contributed by atoms with E-state index in [9.17, 15) is 14.4 Å². The number of rotatable bonds is 6. The number of hydrogen-bond donors (Lipinski definition) is 1. The van der Waals surface area contributed by atoms with Gasteiger partial charge in [-0.3, -0.25) is 4.79 Å². The lowest BCUT2D eigenvalue weighted by Gasteiger charge is -2.20. The van der Waals surface area contributed by atoms with Crippen molar-refractivity contribution in [3.05, 3.63) is 22.1 Å². The summed E-state index contributed by atoms with van der Waals surface area (Å²) in [4.78, 5) is 34.3. The molecule has 1 aromatic heterocycles. The van der Waals surface area contributed by atoms with Crippen molar-refractivity contribution >= 4 is 28.0 Å². The fraction of sp³-hybridized carbons (Fsp3) is 0.643. The molecule has 0 fully saturated rings. The third kappa shape index (κ3) is 6.89. The molecule has 0 radical (unpaired) electrons. The fourth-order valence-electron chi connectivity index (χ4n) is 1.46. The maximum atomic E-state index is 11.8. The molecule has 0 aromatic carbocycles. The zero-order valence-electron chi connectivity index (χ0n) is 13.4. The van der Waals surface area contributed by atoms with Crippen molar-refractivity contribution in [2.75, 3.05) is 6.54 Å². The number of hydrogen-bond acceptors (Lipinski definition) is 7. The Kier molecular flexibility index (Phi) is 6.86. The Hall–Kier alpha value is -1.77. The van der Waals surface area contributed by atoms with E-state index >= 15 is 0 Å². The second kappa shape index (κ2) is 8.19. The number of carbonyl (C=O) groups excluding carboxylic acids is 2. The van der Waals surface area contributed by atoms with Crippen molar-refractivity contribution in [1.82, 2.24) is 5.32 Å². The van der Waals surface area contributed by atoms with E-state index in [1.165, 1.54) is 0 Å². The number of carbonyl (C=O) groups is 2. The minimum atomic E-state index is -0.856. The molecule has 23 heavy (non-hydrogen) atoms. The van der Waals surface area contributed by atoms with Crippen LogP contribution in [0.1, 0.15) is 39.2 Å². The number of alkyl carbamates (subject to hydrolysis) is 1. The second-order valence-electron chi connectivity index (χ2n) is 5.83. The highest BCUT2D eigenvalue weighted by Gasteiger charge is 2.21. The van der Waals surface area contributed by atoms with Crippen molar-refractivity contribution in [3.8, 4) is 0 Å². The van der Waals surface area contributed by atoms with E-state index in [1.54, 1.807) is 27.7 Å². The lowest BCUT2D eigenvalue weighted by Crippen LogP contribution is -2.36. The molecule has 0 saturated heterocycles. The summed E-state index contributed by atoms with van der Waals surface area (Å²) in [5.74, 6) is -1.58. The summed E-state index contributed by atoms with van der Waals surface area (Å²) < 4.78 is 19.6. The first-order chi connectivity index (χ1) is 10.6. The second-order valence-corrected chi connectivity index (χ2v) is 6.39. The number of ether oxygens (including phenoxy) is 2. The van der Waals surface area contributed by atoms with Crippen LogP contribution in [-0.2, 0) is 26.2 Å². The Morgan fingerprint density at radius 1 is 1.26 bits per heavy atom. The number of amides is 1. The van der Waals surface area contributed by atoms with Crippen molar-refractivity contribution in [3.63, 3.8) is 0 Å². The largest absolute Gasteiger partial charge is 0.519 e. The van der Waals surface area contributed by atoms with Crippen molar-refractivity contribution in [2.24, 2.45) is 5.92 Å². The highest BCUT2D eigenvalue weighted by Crippen LogP contribution is 2.13. The Balaban J connectivity index is 2.42. The van der Waals surface area contributed by atoms with Crippen LogP contribution in [0.15, 0.2) is 13.6 Å². The monoisotopic (exact) mass is 393 g/mol. The molecule has 0 saturated carbocycles. The van der Waals surface area contributed by atoms with Crippen LogP contribution in [-0.4, -0.2) is 24.2 Å². The van der Waals surface area contributed by atoms with Crippen LogP contribution < -0.4 is 11.1 Å². The van der Waals surface area contributed by atoms with Gasteiger partial charge in [0, 0.05) is 6.54 Å². The van der Waals surface area contributed by atoms with Gasteiger partial charge in [0.05, 0.1) is 11.2 Å². The van der Waals surface area contributed by atoms with Crippen LogP contribution >= 0.6 is 15.9 Å². The summed E-state index contributed by atoms with van der Waals surface area (Å²) in [6.07, 6.45) is -0.612. The van der Waals surface area contributed by atoms with Crippen molar-refractivity contribution in [1.29, 1.82) is 0 Å². The summed E-state index contributed by atoms with van der Waals surface area (Å²) in [6, 6.07) is 0. The molecule has 9 heteroatoms. The summed E-state index contributed by atoms with van der Waals surface area (Å²) in [5, 5.41) is 2.75. The molecular weight excluding hydrogens is 374 g/mol. The highest BCUT2D eigenvalue weighted by molar-refractivity contribution is 9.08. The average Bonchev–Trinajstić information content (AvgIpc) is 2.80. The Bertz CT molecular complexity index is 599. The number of alkyl halides is 1. The van der Waals surface area contributed by atoms with E-state index in [4.69, 9.17) is 18.3 Å².